The van der Waals surface area contributed by atoms with E-state index in [1.165, 1.54) is 6.07 Å². The molecule has 9 heteroatoms. The molecule has 0 bridgehead atoms. The summed E-state index contributed by atoms with van der Waals surface area (Å²) in [6, 6.07) is 3.66. The molecule has 0 aliphatic heterocycles. The van der Waals surface area contributed by atoms with Crippen molar-refractivity contribution in [2.75, 3.05) is 7.05 Å². The van der Waals surface area contributed by atoms with Crippen LogP contribution in [0.4, 0.5) is 13.6 Å². The van der Waals surface area contributed by atoms with E-state index >= 15 is 0 Å². The molecule has 1 fully saturated rings. The van der Waals surface area contributed by atoms with Crippen molar-refractivity contribution in [1.29, 1.82) is 0 Å². The van der Waals surface area contributed by atoms with Crippen LogP contribution in [0, 0.1) is 11.6 Å². The molecular formula is C20H31F2IN4O2. The zero-order valence-electron chi connectivity index (χ0n) is 17.4. The van der Waals surface area contributed by atoms with Crippen LogP contribution in [0.3, 0.4) is 0 Å². The molecule has 1 aliphatic rings. The number of aliphatic imine (C=N–C) groups is 1. The Balaban J connectivity index is 0.00000420. The largest absolute Gasteiger partial charge is 0.444 e. The standard InChI is InChI=1S/C20H30F2N4O2.HI/c1-20(2,3)28-19(27)26-16-8-6-15(7-9-16)25-18(23-4)24-12-13-11-14(21)5-10-17(13)22;/h5,10-11,15-16H,6-9,12H2,1-4H3,(H,26,27)(H2,23,24,25);1H. The van der Waals surface area contributed by atoms with Crippen molar-refractivity contribution in [3.63, 3.8) is 0 Å². The summed E-state index contributed by atoms with van der Waals surface area (Å²) >= 11 is 0. The highest BCUT2D eigenvalue weighted by Crippen LogP contribution is 2.19. The Morgan fingerprint density at radius 3 is 2.28 bits per heavy atom. The van der Waals surface area contributed by atoms with Crippen molar-refractivity contribution in [2.45, 2.75) is 70.7 Å². The molecule has 1 amide bonds. The Labute approximate surface area is 188 Å². The maximum absolute atomic E-state index is 13.7. The van der Waals surface area contributed by atoms with Crippen molar-refractivity contribution < 1.29 is 18.3 Å². The number of carbonyl (C=O) groups excluding carboxylic acids is 1. The first-order valence-electron chi connectivity index (χ1n) is 9.57. The van der Waals surface area contributed by atoms with Crippen LogP contribution >= 0.6 is 24.0 Å². The number of hydrogen-bond acceptors (Lipinski definition) is 3. The van der Waals surface area contributed by atoms with Crippen LogP contribution in [-0.4, -0.2) is 36.8 Å². The van der Waals surface area contributed by atoms with Gasteiger partial charge in [-0.05, 0) is 64.7 Å². The lowest BCUT2D eigenvalue weighted by Crippen LogP contribution is -2.48. The van der Waals surface area contributed by atoms with Crippen LogP contribution in [0.15, 0.2) is 23.2 Å². The monoisotopic (exact) mass is 524 g/mol. The molecule has 0 radical (unpaired) electrons. The fourth-order valence-electron chi connectivity index (χ4n) is 3.10. The SMILES string of the molecule is CN=C(NCc1cc(F)ccc1F)NC1CCC(NC(=O)OC(C)(C)C)CC1.I. The third-order valence-corrected chi connectivity index (χ3v) is 4.47. The minimum Gasteiger partial charge on any atom is -0.444 e. The molecule has 0 aromatic heterocycles. The van der Waals surface area contributed by atoms with Gasteiger partial charge in [0.05, 0.1) is 0 Å². The quantitative estimate of drug-likeness (QED) is 0.315. The van der Waals surface area contributed by atoms with Gasteiger partial charge in [0.25, 0.3) is 0 Å². The van der Waals surface area contributed by atoms with E-state index in [1.54, 1.807) is 7.05 Å². The zero-order chi connectivity index (χ0) is 20.7. The lowest BCUT2D eigenvalue weighted by Gasteiger charge is -2.31. The first-order valence-corrected chi connectivity index (χ1v) is 9.57. The maximum Gasteiger partial charge on any atom is 0.407 e. The molecule has 6 nitrogen and oxygen atoms in total. The van der Waals surface area contributed by atoms with Crippen molar-refractivity contribution in [2.24, 2.45) is 4.99 Å². The summed E-state index contributed by atoms with van der Waals surface area (Å²) in [6.45, 7) is 5.64. The van der Waals surface area contributed by atoms with Crippen molar-refractivity contribution >= 4 is 36.0 Å². The predicted octanol–water partition coefficient (Wildman–Crippen LogP) is 4.08. The molecule has 0 atom stereocenters. The number of rotatable bonds is 4. The third kappa shape index (κ3) is 9.14. The molecule has 0 unspecified atom stereocenters. The summed E-state index contributed by atoms with van der Waals surface area (Å²) in [5, 5.41) is 9.22. The Hall–Kier alpha value is -1.65. The van der Waals surface area contributed by atoms with Gasteiger partial charge in [-0.3, -0.25) is 4.99 Å². The number of ether oxygens (including phenoxy) is 1. The van der Waals surface area contributed by atoms with Gasteiger partial charge in [-0.15, -0.1) is 24.0 Å². The number of benzene rings is 1. The number of carbonyl (C=O) groups is 1. The second kappa shape index (κ2) is 11.5. The normalized spacial score (nSPS) is 19.7. The van der Waals surface area contributed by atoms with Gasteiger partial charge >= 0.3 is 6.09 Å². The van der Waals surface area contributed by atoms with Gasteiger partial charge in [-0.2, -0.15) is 0 Å². The van der Waals surface area contributed by atoms with Crippen molar-refractivity contribution in [3.8, 4) is 0 Å². The molecule has 2 rings (SSSR count). The van der Waals surface area contributed by atoms with Gasteiger partial charge in [-0.1, -0.05) is 0 Å². The summed E-state index contributed by atoms with van der Waals surface area (Å²) < 4.78 is 32.3. The number of nitrogens with one attached hydrogen (secondary N) is 3. The van der Waals surface area contributed by atoms with E-state index in [2.05, 4.69) is 20.9 Å². The van der Waals surface area contributed by atoms with E-state index in [1.807, 2.05) is 20.8 Å². The average Bonchev–Trinajstić information content (AvgIpc) is 2.61. The van der Waals surface area contributed by atoms with E-state index in [-0.39, 0.29) is 48.2 Å². The summed E-state index contributed by atoms with van der Waals surface area (Å²) in [5.41, 5.74) is -0.268. The smallest absolute Gasteiger partial charge is 0.407 e. The number of nitrogens with zero attached hydrogens (tertiary/aromatic N) is 1. The Bertz CT molecular complexity index is 702. The van der Waals surface area contributed by atoms with Crippen LogP contribution < -0.4 is 16.0 Å². The number of hydrogen-bond donors (Lipinski definition) is 3. The van der Waals surface area contributed by atoms with Gasteiger partial charge in [0.2, 0.25) is 0 Å². The molecule has 1 aliphatic carbocycles. The summed E-state index contributed by atoms with van der Waals surface area (Å²) in [5.74, 6) is -0.401. The maximum atomic E-state index is 13.7. The third-order valence-electron chi connectivity index (χ3n) is 4.47. The molecule has 1 aromatic carbocycles. The Morgan fingerprint density at radius 1 is 1.14 bits per heavy atom. The van der Waals surface area contributed by atoms with Crippen LogP contribution in [0.5, 0.6) is 0 Å². The summed E-state index contributed by atoms with van der Waals surface area (Å²) in [4.78, 5) is 16.0. The number of alkyl carbamates (subject to hydrolysis) is 1. The molecule has 0 saturated heterocycles. The minimum absolute atomic E-state index is 0. The van der Waals surface area contributed by atoms with Gasteiger partial charge in [0.1, 0.15) is 17.2 Å². The Kier molecular flexibility index (Phi) is 10.1. The second-order valence-corrected chi connectivity index (χ2v) is 8.00. The van der Waals surface area contributed by atoms with Crippen molar-refractivity contribution in [3.05, 3.63) is 35.4 Å². The average molecular weight is 524 g/mol. The number of guanidine groups is 1. The predicted molar refractivity (Wildman–Crippen MR) is 121 cm³/mol. The van der Waals surface area contributed by atoms with E-state index in [4.69, 9.17) is 4.74 Å². The lowest BCUT2D eigenvalue weighted by atomic mass is 9.91. The highest BCUT2D eigenvalue weighted by Gasteiger charge is 2.25. The fraction of sp³-hybridized carbons (Fsp3) is 0.600. The van der Waals surface area contributed by atoms with Crippen LogP contribution in [0.2, 0.25) is 0 Å². The molecule has 164 valence electrons. The van der Waals surface area contributed by atoms with E-state index < -0.39 is 23.3 Å². The lowest BCUT2D eigenvalue weighted by molar-refractivity contribution is 0.0490. The van der Waals surface area contributed by atoms with Crippen LogP contribution in [0.1, 0.15) is 52.0 Å². The van der Waals surface area contributed by atoms with Crippen molar-refractivity contribution in [1.82, 2.24) is 16.0 Å². The second-order valence-electron chi connectivity index (χ2n) is 8.00. The summed E-state index contributed by atoms with van der Waals surface area (Å²) in [6.07, 6.45) is 2.97. The van der Waals surface area contributed by atoms with E-state index in [0.717, 1.165) is 37.8 Å². The van der Waals surface area contributed by atoms with Crippen LogP contribution in [-0.2, 0) is 11.3 Å². The topological polar surface area (TPSA) is 74.8 Å². The molecular weight excluding hydrogens is 493 g/mol. The first-order chi connectivity index (χ1) is 13.2. The van der Waals surface area contributed by atoms with Gasteiger partial charge < -0.3 is 20.7 Å². The fourth-order valence-corrected chi connectivity index (χ4v) is 3.10. The molecule has 0 heterocycles. The number of amides is 1. The summed E-state index contributed by atoms with van der Waals surface area (Å²) in [7, 11) is 1.63. The van der Waals surface area contributed by atoms with E-state index in [9.17, 15) is 13.6 Å². The highest BCUT2D eigenvalue weighted by atomic mass is 127. The first kappa shape index (κ1) is 25.4. The molecule has 0 spiro atoms. The minimum atomic E-state index is -0.512. The molecule has 29 heavy (non-hydrogen) atoms. The van der Waals surface area contributed by atoms with Gasteiger partial charge in [-0.25, -0.2) is 13.6 Å². The molecule has 3 N–H and O–H groups in total. The van der Waals surface area contributed by atoms with Crippen LogP contribution in [0.25, 0.3) is 0 Å². The van der Waals surface area contributed by atoms with E-state index in [0.29, 0.717) is 5.96 Å². The van der Waals surface area contributed by atoms with Gasteiger partial charge in [0, 0.05) is 31.2 Å². The highest BCUT2D eigenvalue weighted by molar-refractivity contribution is 14.0. The number of halogens is 3. The molecule has 1 aromatic rings. The molecule has 1 saturated carbocycles. The van der Waals surface area contributed by atoms with Gasteiger partial charge in [0.15, 0.2) is 5.96 Å². The Morgan fingerprint density at radius 2 is 1.72 bits per heavy atom. The zero-order valence-corrected chi connectivity index (χ0v) is 19.7.